The number of hydrogen-bond acceptors (Lipinski definition) is 4. The number of nitrogens with zero attached hydrogens (tertiary/aromatic N) is 2. The zero-order valence-electron chi connectivity index (χ0n) is 18.8. The number of halogens is 1. The number of benzene rings is 2. The summed E-state index contributed by atoms with van der Waals surface area (Å²) in [4.78, 5) is 47.1. The minimum absolute atomic E-state index is 0.00520. The Morgan fingerprint density at radius 1 is 1.03 bits per heavy atom. The number of carbonyl (C=O) groups is 1. The Morgan fingerprint density at radius 3 is 2.53 bits per heavy atom. The molecular weight excluding hydrogens is 435 g/mol. The fourth-order valence-corrected chi connectivity index (χ4v) is 4.45. The van der Waals surface area contributed by atoms with Gasteiger partial charge in [0, 0.05) is 46.8 Å². The summed E-state index contributed by atoms with van der Waals surface area (Å²) in [6.45, 7) is 5.34. The van der Waals surface area contributed by atoms with E-state index in [1.54, 1.807) is 16.7 Å². The van der Waals surface area contributed by atoms with Gasteiger partial charge in [0.2, 0.25) is 0 Å². The fourth-order valence-electron chi connectivity index (χ4n) is 4.45. The van der Waals surface area contributed by atoms with Crippen LogP contribution < -0.4 is 11.1 Å². The molecule has 2 aromatic carbocycles. The Hall–Kier alpha value is -4.33. The van der Waals surface area contributed by atoms with Crippen molar-refractivity contribution < 1.29 is 9.18 Å². The second kappa shape index (κ2) is 7.91. The van der Waals surface area contributed by atoms with Gasteiger partial charge in [0.25, 0.3) is 11.1 Å². The number of pyridine rings is 1. The lowest BCUT2D eigenvalue weighted by Crippen LogP contribution is -2.13. The van der Waals surface area contributed by atoms with Crippen molar-refractivity contribution in [2.24, 2.45) is 0 Å². The third-order valence-electron chi connectivity index (χ3n) is 6.24. The maximum absolute atomic E-state index is 15.1. The van der Waals surface area contributed by atoms with Gasteiger partial charge in [0.15, 0.2) is 5.78 Å². The maximum atomic E-state index is 15.1. The molecule has 3 heterocycles. The third-order valence-corrected chi connectivity index (χ3v) is 6.24. The predicted octanol–water partition coefficient (Wildman–Crippen LogP) is 4.24. The average Bonchev–Trinajstić information content (AvgIpc) is 3.08. The number of ketones is 1. The predicted molar refractivity (Wildman–Crippen MR) is 129 cm³/mol. The molecule has 7 nitrogen and oxygen atoms in total. The standard InChI is InChI=1S/C26H21FN4O3/c1-13-7-19-22(8-14(13)2)31(24(15(3)32)23(19)17-5-4-6-28-25(17)33)11-16-9-18-21(10-20(16)27)29-12-30-26(18)34/h4-10,12H,11H2,1-3H3,(H,28,33)(H,29,30,34). The topological polar surface area (TPSA) is 101 Å². The maximum Gasteiger partial charge on any atom is 0.258 e. The van der Waals surface area contributed by atoms with Crippen molar-refractivity contribution in [1.29, 1.82) is 0 Å². The SMILES string of the molecule is CC(=O)c1c(-c2ccc[nH]c2=O)c2cc(C)c(C)cc2n1Cc1cc2c(=O)[nH]cnc2cc1F. The lowest BCUT2D eigenvalue weighted by Gasteiger charge is -2.12. The number of hydrogen-bond donors (Lipinski definition) is 2. The lowest BCUT2D eigenvalue weighted by atomic mass is 9.99. The quantitative estimate of drug-likeness (QED) is 0.395. The van der Waals surface area contributed by atoms with Crippen LogP contribution in [0.3, 0.4) is 0 Å². The van der Waals surface area contributed by atoms with Crippen LogP contribution in [0.15, 0.2) is 58.5 Å². The highest BCUT2D eigenvalue weighted by atomic mass is 19.1. The van der Waals surface area contributed by atoms with Crippen LogP contribution in [-0.2, 0) is 6.54 Å². The van der Waals surface area contributed by atoms with Gasteiger partial charge in [-0.05, 0) is 55.3 Å². The normalized spacial score (nSPS) is 11.4. The van der Waals surface area contributed by atoms with Crippen LogP contribution in [0.5, 0.6) is 0 Å². The molecule has 8 heteroatoms. The summed E-state index contributed by atoms with van der Waals surface area (Å²) in [5, 5.41) is 0.984. The van der Waals surface area contributed by atoms with E-state index in [-0.39, 0.29) is 39.9 Å². The summed E-state index contributed by atoms with van der Waals surface area (Å²) >= 11 is 0. The zero-order valence-corrected chi connectivity index (χ0v) is 18.8. The van der Waals surface area contributed by atoms with Gasteiger partial charge in [-0.3, -0.25) is 14.4 Å². The summed E-state index contributed by atoms with van der Waals surface area (Å²) in [7, 11) is 0. The lowest BCUT2D eigenvalue weighted by molar-refractivity contribution is 0.101. The highest BCUT2D eigenvalue weighted by Gasteiger charge is 2.24. The van der Waals surface area contributed by atoms with E-state index in [9.17, 15) is 14.4 Å². The number of carbonyl (C=O) groups excluding carboxylic acids is 1. The second-order valence-electron chi connectivity index (χ2n) is 8.42. The molecule has 0 atom stereocenters. The third kappa shape index (κ3) is 3.35. The van der Waals surface area contributed by atoms with Gasteiger partial charge in [-0.15, -0.1) is 0 Å². The fraction of sp³-hybridized carbons (Fsp3) is 0.154. The largest absolute Gasteiger partial charge is 0.333 e. The zero-order chi connectivity index (χ0) is 24.1. The Labute approximate surface area is 192 Å². The van der Waals surface area contributed by atoms with Gasteiger partial charge < -0.3 is 14.5 Å². The first-order chi connectivity index (χ1) is 16.3. The number of Topliss-reactive ketones (excluding diaryl/α,β-unsaturated/α-hetero) is 1. The first kappa shape index (κ1) is 21.5. The first-order valence-corrected chi connectivity index (χ1v) is 10.7. The van der Waals surface area contributed by atoms with Crippen LogP contribution >= 0.6 is 0 Å². The van der Waals surface area contributed by atoms with Gasteiger partial charge >= 0.3 is 0 Å². The minimum Gasteiger partial charge on any atom is -0.333 e. The van der Waals surface area contributed by atoms with Crippen LogP contribution in [0, 0.1) is 19.7 Å². The summed E-state index contributed by atoms with van der Waals surface area (Å²) in [5.74, 6) is -0.796. The van der Waals surface area contributed by atoms with Crippen LogP contribution in [0.4, 0.5) is 4.39 Å². The number of nitrogens with one attached hydrogen (secondary N) is 2. The summed E-state index contributed by atoms with van der Waals surface area (Å²) in [6, 6.07) is 9.93. The minimum atomic E-state index is -0.537. The van der Waals surface area contributed by atoms with Gasteiger partial charge in [0.05, 0.1) is 29.5 Å². The average molecular weight is 456 g/mol. The highest BCUT2D eigenvalue weighted by molar-refractivity contribution is 6.10. The molecule has 2 N–H and O–H groups in total. The Kier molecular flexibility index (Phi) is 5.01. The number of aromatic amines is 2. The first-order valence-electron chi connectivity index (χ1n) is 10.7. The van der Waals surface area contributed by atoms with Crippen LogP contribution in [-0.4, -0.2) is 25.3 Å². The molecule has 0 aliphatic carbocycles. The number of aryl methyl sites for hydroxylation is 2. The van der Waals surface area contributed by atoms with Crippen molar-refractivity contribution >= 4 is 27.6 Å². The van der Waals surface area contributed by atoms with E-state index >= 15 is 4.39 Å². The highest BCUT2D eigenvalue weighted by Crippen LogP contribution is 2.36. The molecule has 0 saturated heterocycles. The van der Waals surface area contributed by atoms with Gasteiger partial charge in [0.1, 0.15) is 5.82 Å². The Morgan fingerprint density at radius 2 is 1.79 bits per heavy atom. The molecule has 0 saturated carbocycles. The Bertz CT molecular complexity index is 1740. The monoisotopic (exact) mass is 456 g/mol. The van der Waals surface area contributed by atoms with E-state index in [4.69, 9.17) is 0 Å². The molecule has 170 valence electrons. The number of H-pyrrole nitrogens is 2. The molecule has 5 aromatic rings. The van der Waals surface area contributed by atoms with Gasteiger partial charge in [-0.25, -0.2) is 9.37 Å². The van der Waals surface area contributed by atoms with E-state index in [0.29, 0.717) is 22.3 Å². The Balaban J connectivity index is 1.86. The van der Waals surface area contributed by atoms with Gasteiger partial charge in [-0.2, -0.15) is 0 Å². The molecule has 0 radical (unpaired) electrons. The summed E-state index contributed by atoms with van der Waals surface area (Å²) in [5.41, 5.74) is 3.65. The van der Waals surface area contributed by atoms with Crippen LogP contribution in [0.25, 0.3) is 32.9 Å². The molecule has 5 rings (SSSR count). The second-order valence-corrected chi connectivity index (χ2v) is 8.42. The molecule has 0 aliphatic heterocycles. The molecule has 0 spiro atoms. The van der Waals surface area contributed by atoms with E-state index in [2.05, 4.69) is 15.0 Å². The summed E-state index contributed by atoms with van der Waals surface area (Å²) < 4.78 is 16.8. The number of fused-ring (bicyclic) bond motifs is 2. The van der Waals surface area contributed by atoms with Crippen molar-refractivity contribution in [2.45, 2.75) is 27.3 Å². The van der Waals surface area contributed by atoms with E-state index < -0.39 is 5.82 Å². The van der Waals surface area contributed by atoms with Crippen LogP contribution in [0.2, 0.25) is 0 Å². The molecule has 3 aromatic heterocycles. The van der Waals surface area contributed by atoms with Crippen molar-refractivity contribution in [3.05, 3.63) is 97.8 Å². The summed E-state index contributed by atoms with van der Waals surface area (Å²) in [6.07, 6.45) is 2.76. The molecular formula is C26H21FN4O3. The van der Waals surface area contributed by atoms with E-state index in [1.165, 1.54) is 31.6 Å². The number of rotatable bonds is 4. The van der Waals surface area contributed by atoms with Crippen molar-refractivity contribution in [2.75, 3.05) is 0 Å². The van der Waals surface area contributed by atoms with Crippen LogP contribution in [0.1, 0.15) is 34.1 Å². The van der Waals surface area contributed by atoms with E-state index in [0.717, 1.165) is 16.5 Å². The molecule has 34 heavy (non-hydrogen) atoms. The van der Waals surface area contributed by atoms with Crippen molar-refractivity contribution in [3.63, 3.8) is 0 Å². The molecule has 0 amide bonds. The number of aromatic nitrogens is 4. The molecule has 0 bridgehead atoms. The molecule has 0 aliphatic rings. The molecule has 0 unspecified atom stereocenters. The van der Waals surface area contributed by atoms with Gasteiger partial charge in [-0.1, -0.05) is 0 Å². The molecule has 0 fully saturated rings. The van der Waals surface area contributed by atoms with Crippen molar-refractivity contribution in [3.8, 4) is 11.1 Å². The smallest absolute Gasteiger partial charge is 0.258 e. The van der Waals surface area contributed by atoms with Crippen molar-refractivity contribution in [1.82, 2.24) is 19.5 Å². The van der Waals surface area contributed by atoms with E-state index in [1.807, 2.05) is 26.0 Å².